The Morgan fingerprint density at radius 2 is 2.13 bits per heavy atom. The minimum absolute atomic E-state index is 0.0550. The lowest BCUT2D eigenvalue weighted by Crippen LogP contribution is -2.38. The fourth-order valence-electron chi connectivity index (χ4n) is 2.50. The Balaban J connectivity index is 2.34. The highest BCUT2D eigenvalue weighted by Crippen LogP contribution is 2.41. The Hall–Kier alpha value is -0.830. The quantitative estimate of drug-likeness (QED) is 0.721. The molecule has 82 valence electrons. The van der Waals surface area contributed by atoms with Gasteiger partial charge in [-0.25, -0.2) is 0 Å². The Morgan fingerprint density at radius 1 is 1.40 bits per heavy atom. The summed E-state index contributed by atoms with van der Waals surface area (Å²) in [4.78, 5) is 12.0. The minimum Gasteiger partial charge on any atom is -0.468 e. The molecule has 0 radical (unpaired) electrons. The zero-order valence-electron chi connectivity index (χ0n) is 8.99. The predicted molar refractivity (Wildman–Crippen MR) is 61.1 cm³/mol. The van der Waals surface area contributed by atoms with Gasteiger partial charge < -0.3 is 4.74 Å². The topological polar surface area (TPSA) is 26.3 Å². The van der Waals surface area contributed by atoms with Gasteiger partial charge in [-0.05, 0) is 35.2 Å². The fourth-order valence-corrected chi connectivity index (χ4v) is 3.25. The van der Waals surface area contributed by atoms with Crippen molar-refractivity contribution >= 4 is 17.3 Å². The molecule has 0 aliphatic heterocycles. The van der Waals surface area contributed by atoms with Gasteiger partial charge >= 0.3 is 5.97 Å². The normalized spacial score (nSPS) is 19.8. The van der Waals surface area contributed by atoms with E-state index in [9.17, 15) is 4.79 Å². The van der Waals surface area contributed by atoms with Crippen LogP contribution in [0.25, 0.3) is 0 Å². The molecule has 0 atom stereocenters. The number of hydrogen-bond acceptors (Lipinski definition) is 3. The molecule has 1 aliphatic carbocycles. The number of ether oxygens (including phenoxy) is 1. The van der Waals surface area contributed by atoms with Crippen LogP contribution in [0.4, 0.5) is 0 Å². The number of rotatable bonds is 2. The second-order valence-electron chi connectivity index (χ2n) is 4.15. The summed E-state index contributed by atoms with van der Waals surface area (Å²) in [7, 11) is 1.49. The maximum Gasteiger partial charge on any atom is 0.316 e. The Morgan fingerprint density at radius 3 is 2.67 bits per heavy atom. The molecule has 1 heterocycles. The number of carbonyl (C=O) groups is 1. The van der Waals surface area contributed by atoms with E-state index >= 15 is 0 Å². The maximum absolute atomic E-state index is 12.0. The van der Waals surface area contributed by atoms with Gasteiger partial charge in [-0.3, -0.25) is 4.79 Å². The van der Waals surface area contributed by atoms with Crippen LogP contribution in [-0.2, 0) is 14.9 Å². The molecular weight excluding hydrogens is 208 g/mol. The van der Waals surface area contributed by atoms with Gasteiger partial charge in [-0.1, -0.05) is 19.3 Å². The van der Waals surface area contributed by atoms with Gasteiger partial charge in [0, 0.05) is 0 Å². The van der Waals surface area contributed by atoms with Crippen molar-refractivity contribution in [2.24, 2.45) is 0 Å². The average Bonchev–Trinajstić information content (AvgIpc) is 2.83. The molecule has 1 aromatic rings. The smallest absolute Gasteiger partial charge is 0.316 e. The van der Waals surface area contributed by atoms with Crippen molar-refractivity contribution in [3.8, 4) is 0 Å². The zero-order valence-corrected chi connectivity index (χ0v) is 9.81. The molecule has 15 heavy (non-hydrogen) atoms. The van der Waals surface area contributed by atoms with Crippen LogP contribution in [0, 0.1) is 0 Å². The molecule has 1 fully saturated rings. The highest BCUT2D eigenvalue weighted by molar-refractivity contribution is 7.08. The molecule has 0 unspecified atom stereocenters. The zero-order chi connectivity index (χ0) is 10.7. The second-order valence-corrected chi connectivity index (χ2v) is 4.93. The first-order valence-corrected chi connectivity index (χ1v) is 6.35. The van der Waals surface area contributed by atoms with E-state index in [1.165, 1.54) is 13.5 Å². The summed E-state index contributed by atoms with van der Waals surface area (Å²) in [6.07, 6.45) is 5.38. The van der Waals surface area contributed by atoms with Crippen molar-refractivity contribution in [3.63, 3.8) is 0 Å². The van der Waals surface area contributed by atoms with Crippen molar-refractivity contribution in [1.29, 1.82) is 0 Å². The lowest BCUT2D eigenvalue weighted by atomic mass is 9.70. The van der Waals surface area contributed by atoms with Gasteiger partial charge in [-0.15, -0.1) is 0 Å². The molecule has 0 aromatic carbocycles. The molecule has 0 amide bonds. The lowest BCUT2D eigenvalue weighted by Gasteiger charge is -2.34. The molecule has 0 bridgehead atoms. The first-order chi connectivity index (χ1) is 7.29. The van der Waals surface area contributed by atoms with Crippen molar-refractivity contribution in [2.45, 2.75) is 37.5 Å². The lowest BCUT2D eigenvalue weighted by molar-refractivity contribution is -0.149. The molecule has 2 nitrogen and oxygen atoms in total. The Bertz CT molecular complexity index is 323. The van der Waals surface area contributed by atoms with Gasteiger partial charge in [-0.2, -0.15) is 11.3 Å². The van der Waals surface area contributed by atoms with Crippen molar-refractivity contribution in [1.82, 2.24) is 0 Å². The molecular formula is C12H16O2S. The molecule has 0 N–H and O–H groups in total. The van der Waals surface area contributed by atoms with Gasteiger partial charge in [0.2, 0.25) is 0 Å². The highest BCUT2D eigenvalue weighted by atomic mass is 32.1. The van der Waals surface area contributed by atoms with E-state index in [2.05, 4.69) is 11.4 Å². The summed E-state index contributed by atoms with van der Waals surface area (Å²) in [6, 6.07) is 2.06. The Labute approximate surface area is 94.3 Å². The van der Waals surface area contributed by atoms with Crippen LogP contribution >= 0.6 is 11.3 Å². The van der Waals surface area contributed by atoms with Crippen LogP contribution in [0.3, 0.4) is 0 Å². The van der Waals surface area contributed by atoms with Crippen molar-refractivity contribution in [3.05, 3.63) is 22.4 Å². The van der Waals surface area contributed by atoms with E-state index in [0.717, 1.165) is 31.2 Å². The summed E-state index contributed by atoms with van der Waals surface area (Å²) < 4.78 is 4.98. The van der Waals surface area contributed by atoms with Crippen LogP contribution < -0.4 is 0 Å². The van der Waals surface area contributed by atoms with E-state index < -0.39 is 0 Å². The summed E-state index contributed by atoms with van der Waals surface area (Å²) in [6.45, 7) is 0. The van der Waals surface area contributed by atoms with Gasteiger partial charge in [0.05, 0.1) is 12.5 Å². The molecule has 3 heteroatoms. The summed E-state index contributed by atoms with van der Waals surface area (Å²) in [5.74, 6) is -0.0550. The van der Waals surface area contributed by atoms with E-state index in [1.54, 1.807) is 11.3 Å². The summed E-state index contributed by atoms with van der Waals surface area (Å²) in [5, 5.41) is 4.12. The minimum atomic E-state index is -0.340. The van der Waals surface area contributed by atoms with Gasteiger partial charge in [0.25, 0.3) is 0 Å². The van der Waals surface area contributed by atoms with Crippen molar-refractivity contribution < 1.29 is 9.53 Å². The first kappa shape index (κ1) is 10.7. The molecule has 1 aromatic heterocycles. The molecule has 1 aliphatic rings. The van der Waals surface area contributed by atoms with E-state index in [-0.39, 0.29) is 11.4 Å². The predicted octanol–water partition coefficient (Wildman–Crippen LogP) is 3.12. The first-order valence-electron chi connectivity index (χ1n) is 5.41. The monoisotopic (exact) mass is 224 g/mol. The summed E-state index contributed by atoms with van der Waals surface area (Å²) >= 11 is 1.65. The number of carbonyl (C=O) groups excluding carboxylic acids is 1. The molecule has 0 spiro atoms. The third kappa shape index (κ3) is 1.81. The third-order valence-corrected chi connectivity index (χ3v) is 4.04. The van der Waals surface area contributed by atoms with Crippen molar-refractivity contribution in [2.75, 3.05) is 7.11 Å². The standard InChI is InChI=1S/C12H16O2S/c1-14-11(13)12(6-3-2-4-7-12)10-5-8-15-9-10/h5,8-9H,2-4,6-7H2,1H3. The van der Waals surface area contributed by atoms with Gasteiger partial charge in [0.1, 0.15) is 0 Å². The molecule has 1 saturated carbocycles. The highest BCUT2D eigenvalue weighted by Gasteiger charge is 2.42. The largest absolute Gasteiger partial charge is 0.468 e. The second kappa shape index (κ2) is 4.35. The number of methoxy groups -OCH3 is 1. The fraction of sp³-hybridized carbons (Fsp3) is 0.583. The number of esters is 1. The van der Waals surface area contributed by atoms with Crippen LogP contribution in [0.5, 0.6) is 0 Å². The van der Waals surface area contributed by atoms with E-state index in [0.29, 0.717) is 0 Å². The molecule has 0 saturated heterocycles. The number of hydrogen-bond donors (Lipinski definition) is 0. The number of thiophene rings is 1. The Kier molecular flexibility index (Phi) is 3.10. The van der Waals surface area contributed by atoms with Crippen LogP contribution in [0.2, 0.25) is 0 Å². The van der Waals surface area contributed by atoms with Crippen LogP contribution in [0.1, 0.15) is 37.7 Å². The van der Waals surface area contributed by atoms with E-state index in [1.807, 2.05) is 5.38 Å². The summed E-state index contributed by atoms with van der Waals surface area (Å²) in [5.41, 5.74) is 0.812. The maximum atomic E-state index is 12.0. The SMILES string of the molecule is COC(=O)C1(c2ccsc2)CCCCC1. The van der Waals surface area contributed by atoms with Gasteiger partial charge in [0.15, 0.2) is 0 Å². The average molecular weight is 224 g/mol. The van der Waals surface area contributed by atoms with E-state index in [4.69, 9.17) is 4.74 Å². The molecule has 2 rings (SSSR count). The third-order valence-electron chi connectivity index (χ3n) is 3.36. The van der Waals surface area contributed by atoms with Crippen LogP contribution in [0.15, 0.2) is 16.8 Å². The van der Waals surface area contributed by atoms with Crippen LogP contribution in [-0.4, -0.2) is 13.1 Å².